The second kappa shape index (κ2) is 9.14. The Morgan fingerprint density at radius 3 is 1.39 bits per heavy atom. The fourth-order valence-electron chi connectivity index (χ4n) is 4.04. The third-order valence-electron chi connectivity index (χ3n) is 5.96. The van der Waals surface area contributed by atoms with Gasteiger partial charge in [-0.2, -0.15) is 0 Å². The van der Waals surface area contributed by atoms with Crippen LogP contribution in [0.4, 0.5) is 0 Å². The molecule has 0 spiro atoms. The fraction of sp³-hybridized carbons (Fsp3) is 0.143. The Kier molecular flexibility index (Phi) is 5.53. The van der Waals surface area contributed by atoms with Crippen molar-refractivity contribution in [3.8, 4) is 34.3 Å². The molecule has 8 heteroatoms. The lowest BCUT2D eigenvalue weighted by atomic mass is 10.2. The predicted molar refractivity (Wildman–Crippen MR) is 137 cm³/mol. The van der Waals surface area contributed by atoms with Crippen LogP contribution in [0.2, 0.25) is 0 Å². The van der Waals surface area contributed by atoms with Gasteiger partial charge in [0.15, 0.2) is 22.9 Å². The highest BCUT2D eigenvalue weighted by Gasteiger charge is 2.09. The fourth-order valence-corrected chi connectivity index (χ4v) is 4.04. The molecule has 6 aromatic rings. The highest BCUT2D eigenvalue weighted by atomic mass is 16.5. The van der Waals surface area contributed by atoms with Gasteiger partial charge in [0.05, 0.1) is 0 Å². The molecular weight excluding hydrogens is 452 g/mol. The minimum absolute atomic E-state index is 0.431. The van der Waals surface area contributed by atoms with E-state index < -0.39 is 0 Å². The van der Waals surface area contributed by atoms with Crippen LogP contribution in [0.5, 0.6) is 11.5 Å². The first-order valence-corrected chi connectivity index (χ1v) is 11.7. The first kappa shape index (κ1) is 21.8. The molecule has 0 bridgehead atoms. The Labute approximate surface area is 207 Å². The van der Waals surface area contributed by atoms with Gasteiger partial charge >= 0.3 is 0 Å². The molecule has 8 nitrogen and oxygen atoms in total. The first-order chi connectivity index (χ1) is 17.6. The third-order valence-corrected chi connectivity index (χ3v) is 5.96. The van der Waals surface area contributed by atoms with Crippen molar-refractivity contribution < 1.29 is 9.47 Å². The molecule has 0 amide bonds. The molecule has 0 aliphatic heterocycles. The molecule has 2 aromatic carbocycles. The van der Waals surface area contributed by atoms with Gasteiger partial charge in [-0.3, -0.25) is 0 Å². The Bertz CT molecular complexity index is 1530. The minimum atomic E-state index is 0.431. The van der Waals surface area contributed by atoms with Crippen LogP contribution >= 0.6 is 0 Å². The van der Waals surface area contributed by atoms with E-state index in [9.17, 15) is 0 Å². The number of aromatic nitrogens is 6. The van der Waals surface area contributed by atoms with Crippen molar-refractivity contribution in [2.24, 2.45) is 0 Å². The predicted octanol–water partition coefficient (Wildman–Crippen LogP) is 5.18. The van der Waals surface area contributed by atoms with Gasteiger partial charge in [-0.1, -0.05) is 12.1 Å². The molecule has 178 valence electrons. The average Bonchev–Trinajstić information content (AvgIpc) is 3.54. The van der Waals surface area contributed by atoms with Crippen LogP contribution in [0.25, 0.3) is 34.1 Å². The standard InChI is InChI=1S/C28H24N6O2/c1-19-5-3-15-33-27(19)29-25(31-33)21-7-11-23(12-8-21)35-17-18-36-24-13-9-22(10-14-24)26-30-28-20(2)6-4-16-34(28)32-26/h3-16H,17-18H2,1-2H3. The SMILES string of the molecule is Cc1cccn2nc(-c3ccc(OCCOc4ccc(-c5nc6c(C)cccn6n5)cc4)cc3)nc12. The number of rotatable bonds is 7. The van der Waals surface area contributed by atoms with E-state index in [1.165, 1.54) is 0 Å². The highest BCUT2D eigenvalue weighted by Crippen LogP contribution is 2.23. The van der Waals surface area contributed by atoms with Crippen molar-refractivity contribution in [3.05, 3.63) is 96.3 Å². The van der Waals surface area contributed by atoms with Gasteiger partial charge < -0.3 is 9.47 Å². The Morgan fingerprint density at radius 1 is 0.583 bits per heavy atom. The first-order valence-electron chi connectivity index (χ1n) is 11.7. The lowest BCUT2D eigenvalue weighted by molar-refractivity contribution is 0.217. The van der Waals surface area contributed by atoms with E-state index in [0.29, 0.717) is 24.9 Å². The van der Waals surface area contributed by atoms with Crippen LogP contribution in [0.3, 0.4) is 0 Å². The van der Waals surface area contributed by atoms with E-state index in [0.717, 1.165) is 45.0 Å². The molecule has 0 aliphatic rings. The Balaban J connectivity index is 1.03. The number of aryl methyl sites for hydroxylation is 2. The summed E-state index contributed by atoms with van der Waals surface area (Å²) in [7, 11) is 0. The average molecular weight is 477 g/mol. The minimum Gasteiger partial charge on any atom is -0.490 e. The Hall–Kier alpha value is -4.72. The van der Waals surface area contributed by atoms with E-state index in [1.807, 2.05) is 99.0 Å². The molecule has 4 heterocycles. The van der Waals surface area contributed by atoms with Crippen LogP contribution in [0, 0.1) is 13.8 Å². The van der Waals surface area contributed by atoms with Crippen molar-refractivity contribution in [2.45, 2.75) is 13.8 Å². The quantitative estimate of drug-likeness (QED) is 0.296. The van der Waals surface area contributed by atoms with Crippen molar-refractivity contribution in [2.75, 3.05) is 13.2 Å². The van der Waals surface area contributed by atoms with Crippen LogP contribution in [-0.4, -0.2) is 42.4 Å². The normalized spacial score (nSPS) is 11.3. The molecule has 0 radical (unpaired) electrons. The molecule has 0 saturated heterocycles. The topological polar surface area (TPSA) is 78.8 Å². The van der Waals surface area contributed by atoms with E-state index in [4.69, 9.17) is 9.47 Å². The summed E-state index contributed by atoms with van der Waals surface area (Å²) in [6, 6.07) is 23.5. The summed E-state index contributed by atoms with van der Waals surface area (Å²) in [5.41, 5.74) is 5.79. The number of ether oxygens (including phenoxy) is 2. The lowest BCUT2D eigenvalue weighted by Crippen LogP contribution is -2.08. The number of benzene rings is 2. The number of hydrogen-bond donors (Lipinski definition) is 0. The monoisotopic (exact) mass is 476 g/mol. The maximum Gasteiger partial charge on any atom is 0.182 e. The van der Waals surface area contributed by atoms with E-state index in [1.54, 1.807) is 9.03 Å². The second-order valence-electron chi connectivity index (χ2n) is 8.54. The van der Waals surface area contributed by atoms with Crippen molar-refractivity contribution in [3.63, 3.8) is 0 Å². The maximum absolute atomic E-state index is 5.84. The van der Waals surface area contributed by atoms with Gasteiger partial charge in [0.2, 0.25) is 0 Å². The lowest BCUT2D eigenvalue weighted by Gasteiger charge is -2.09. The molecule has 0 unspecified atom stereocenters. The van der Waals surface area contributed by atoms with Gasteiger partial charge in [-0.25, -0.2) is 19.0 Å². The van der Waals surface area contributed by atoms with Crippen molar-refractivity contribution >= 4 is 11.3 Å². The molecule has 0 aliphatic carbocycles. The molecule has 4 aromatic heterocycles. The van der Waals surface area contributed by atoms with Gasteiger partial charge in [0.25, 0.3) is 0 Å². The summed E-state index contributed by atoms with van der Waals surface area (Å²) in [5.74, 6) is 2.92. The van der Waals surface area contributed by atoms with Crippen molar-refractivity contribution in [1.82, 2.24) is 29.2 Å². The molecule has 36 heavy (non-hydrogen) atoms. The van der Waals surface area contributed by atoms with E-state index in [-0.39, 0.29) is 0 Å². The second-order valence-corrected chi connectivity index (χ2v) is 8.54. The molecule has 0 saturated carbocycles. The van der Waals surface area contributed by atoms with Gasteiger partial charge in [-0.05, 0) is 85.6 Å². The summed E-state index contributed by atoms with van der Waals surface area (Å²) in [4.78, 5) is 9.29. The summed E-state index contributed by atoms with van der Waals surface area (Å²) < 4.78 is 15.3. The van der Waals surface area contributed by atoms with Crippen LogP contribution in [0.15, 0.2) is 85.2 Å². The van der Waals surface area contributed by atoms with Crippen molar-refractivity contribution in [1.29, 1.82) is 0 Å². The van der Waals surface area contributed by atoms with Crippen LogP contribution < -0.4 is 9.47 Å². The molecular formula is C28H24N6O2. The number of nitrogens with zero attached hydrogens (tertiary/aromatic N) is 6. The molecule has 0 fully saturated rings. The zero-order valence-corrected chi connectivity index (χ0v) is 20.0. The largest absolute Gasteiger partial charge is 0.490 e. The molecule has 0 N–H and O–H groups in total. The highest BCUT2D eigenvalue weighted by molar-refractivity contribution is 5.61. The summed E-state index contributed by atoms with van der Waals surface area (Å²) in [5, 5.41) is 9.12. The summed E-state index contributed by atoms with van der Waals surface area (Å²) in [6.07, 6.45) is 3.81. The van der Waals surface area contributed by atoms with Crippen LogP contribution in [-0.2, 0) is 0 Å². The molecule has 6 rings (SSSR count). The van der Waals surface area contributed by atoms with Gasteiger partial charge in [0.1, 0.15) is 24.7 Å². The summed E-state index contributed by atoms with van der Waals surface area (Å²) in [6.45, 7) is 4.92. The zero-order chi connectivity index (χ0) is 24.5. The van der Waals surface area contributed by atoms with Crippen LogP contribution in [0.1, 0.15) is 11.1 Å². The van der Waals surface area contributed by atoms with E-state index in [2.05, 4.69) is 20.2 Å². The third kappa shape index (κ3) is 4.24. The number of pyridine rings is 2. The number of fused-ring (bicyclic) bond motifs is 2. The Morgan fingerprint density at radius 2 is 1.00 bits per heavy atom. The van der Waals surface area contributed by atoms with E-state index >= 15 is 0 Å². The zero-order valence-electron chi connectivity index (χ0n) is 20.0. The summed E-state index contributed by atoms with van der Waals surface area (Å²) >= 11 is 0. The van der Waals surface area contributed by atoms with Gasteiger partial charge in [-0.15, -0.1) is 10.2 Å². The smallest absolute Gasteiger partial charge is 0.182 e. The van der Waals surface area contributed by atoms with Gasteiger partial charge in [0, 0.05) is 23.5 Å². The maximum atomic E-state index is 5.84. The number of hydrogen-bond acceptors (Lipinski definition) is 6. The molecule has 0 atom stereocenters.